The fourth-order valence-electron chi connectivity index (χ4n) is 2.28. The molecule has 0 saturated carbocycles. The van der Waals surface area contributed by atoms with Crippen LogP contribution in [0, 0.1) is 0 Å². The molecule has 0 spiro atoms. The van der Waals surface area contributed by atoms with Crippen LogP contribution >= 0.6 is 34.8 Å². The number of rotatable bonds is 3. The predicted octanol–water partition coefficient (Wildman–Crippen LogP) is 3.11. The van der Waals surface area contributed by atoms with E-state index in [4.69, 9.17) is 34.8 Å². The minimum atomic E-state index is -3.54. The van der Waals surface area contributed by atoms with Crippen LogP contribution in [-0.4, -0.2) is 57.5 Å². The topological polar surface area (TPSA) is 37.4 Å². The maximum absolute atomic E-state index is 12.7. The number of halogens is 3. The summed E-state index contributed by atoms with van der Waals surface area (Å²) in [6.45, 7) is 2.57. The molecule has 0 aliphatic carbocycles. The van der Waals surface area contributed by atoms with Gasteiger partial charge in [-0.3, -0.25) is 0 Å². The molecule has 0 unspecified atom stereocenters. The van der Waals surface area contributed by atoms with E-state index < -0.39 is 10.0 Å². The molecule has 1 heterocycles. The Hall–Kier alpha value is -0.300. The van der Waals surface area contributed by atoms with Gasteiger partial charge in [-0.2, -0.15) is 4.31 Å². The van der Waals surface area contributed by atoms with E-state index in [0.29, 0.717) is 18.7 Å². The molecular weight excluding hydrogens is 367 g/mol. The minimum Gasteiger partial charge on any atom is -0.326 e. The second-order valence-electron chi connectivity index (χ2n) is 5.89. The molecule has 0 aromatic heterocycles. The third kappa shape index (κ3) is 3.96. The highest BCUT2D eigenvalue weighted by Gasteiger charge is 2.32. The fourth-order valence-corrected chi connectivity index (χ4v) is 4.08. The van der Waals surface area contributed by atoms with Gasteiger partial charge in [-0.25, -0.2) is 8.42 Å². The highest BCUT2D eigenvalue weighted by molar-refractivity contribution is 7.89. The first-order valence-corrected chi connectivity index (χ1v) is 9.34. The van der Waals surface area contributed by atoms with Crippen molar-refractivity contribution >= 4 is 49.9 Å². The zero-order valence-corrected chi connectivity index (χ0v) is 15.5. The van der Waals surface area contributed by atoms with E-state index in [1.54, 1.807) is 18.2 Å². The maximum Gasteiger partial charge on any atom is 0.243 e. The first-order valence-electron chi connectivity index (χ1n) is 6.77. The Labute approximate surface area is 146 Å². The number of sulfonamides is 1. The molecule has 1 aliphatic heterocycles. The molecule has 1 fully saturated rings. The number of benzene rings is 1. The molecular formula is C14H18Cl3N2O2S+. The first kappa shape index (κ1) is 18.0. The van der Waals surface area contributed by atoms with Crippen LogP contribution in [-0.2, 0) is 10.0 Å². The summed E-state index contributed by atoms with van der Waals surface area (Å²) in [6, 6.07) is 6.35. The van der Waals surface area contributed by atoms with E-state index in [0.717, 1.165) is 17.6 Å². The van der Waals surface area contributed by atoms with Crippen molar-refractivity contribution in [3.8, 4) is 0 Å². The third-order valence-corrected chi connectivity index (χ3v) is 6.67. The quantitative estimate of drug-likeness (QED) is 0.751. The fraction of sp³-hybridized carbons (Fsp3) is 0.429. The Morgan fingerprint density at radius 2 is 1.73 bits per heavy atom. The summed E-state index contributed by atoms with van der Waals surface area (Å²) in [5.41, 5.74) is 0.482. The van der Waals surface area contributed by atoms with Crippen LogP contribution in [0.1, 0.15) is 5.56 Å². The Balaban J connectivity index is 2.31. The Kier molecular flexibility index (Phi) is 5.47. The molecule has 8 heteroatoms. The van der Waals surface area contributed by atoms with Crippen LogP contribution in [0.5, 0.6) is 0 Å². The maximum atomic E-state index is 12.7. The number of nitrogens with zero attached hydrogens (tertiary/aromatic N) is 2. The van der Waals surface area contributed by atoms with Gasteiger partial charge in [0.05, 0.1) is 50.2 Å². The number of hydrogen-bond acceptors (Lipinski definition) is 2. The zero-order chi connectivity index (χ0) is 16.5. The highest BCUT2D eigenvalue weighted by Crippen LogP contribution is 2.30. The zero-order valence-electron chi connectivity index (χ0n) is 12.4. The van der Waals surface area contributed by atoms with Gasteiger partial charge in [-0.1, -0.05) is 46.9 Å². The van der Waals surface area contributed by atoms with E-state index in [2.05, 4.69) is 14.1 Å². The normalized spacial score (nSPS) is 19.0. The van der Waals surface area contributed by atoms with Crippen molar-refractivity contribution < 1.29 is 12.9 Å². The molecule has 0 amide bonds. The summed E-state index contributed by atoms with van der Waals surface area (Å²) in [5.74, 6) is 0. The van der Waals surface area contributed by atoms with Gasteiger partial charge in [0, 0.05) is 0 Å². The van der Waals surface area contributed by atoms with Crippen molar-refractivity contribution in [1.29, 1.82) is 0 Å². The van der Waals surface area contributed by atoms with Crippen LogP contribution in [0.4, 0.5) is 0 Å². The van der Waals surface area contributed by atoms with Gasteiger partial charge in [0.15, 0.2) is 0 Å². The van der Waals surface area contributed by atoms with Gasteiger partial charge in [-0.05, 0) is 17.7 Å². The lowest BCUT2D eigenvalue weighted by atomic mass is 10.2. The monoisotopic (exact) mass is 383 g/mol. The smallest absolute Gasteiger partial charge is 0.243 e. The summed E-state index contributed by atoms with van der Waals surface area (Å²) < 4.78 is 27.7. The molecule has 2 rings (SSSR count). The van der Waals surface area contributed by atoms with Crippen LogP contribution in [0.2, 0.25) is 0 Å². The number of hydrogen-bond donors (Lipinski definition) is 0. The van der Waals surface area contributed by atoms with Gasteiger partial charge < -0.3 is 4.48 Å². The van der Waals surface area contributed by atoms with Crippen LogP contribution in [0.25, 0.3) is 5.03 Å². The minimum absolute atomic E-state index is 0.0896. The second-order valence-corrected chi connectivity index (χ2v) is 9.15. The summed E-state index contributed by atoms with van der Waals surface area (Å²) in [7, 11) is 0.652. The molecule has 4 nitrogen and oxygen atoms in total. The van der Waals surface area contributed by atoms with Crippen molar-refractivity contribution in [2.75, 3.05) is 40.3 Å². The molecule has 1 saturated heterocycles. The van der Waals surface area contributed by atoms with Crippen LogP contribution in [0.3, 0.4) is 0 Å². The van der Waals surface area contributed by atoms with Crippen molar-refractivity contribution in [3.63, 3.8) is 0 Å². The average Bonchev–Trinajstić information content (AvgIpc) is 2.46. The van der Waals surface area contributed by atoms with Crippen LogP contribution < -0.4 is 0 Å². The summed E-state index contributed by atoms with van der Waals surface area (Å²) in [6.07, 6.45) is 0. The van der Waals surface area contributed by atoms with E-state index in [1.165, 1.54) is 10.4 Å². The first-order chi connectivity index (χ1) is 10.1. The number of piperazine rings is 1. The van der Waals surface area contributed by atoms with Crippen molar-refractivity contribution in [1.82, 2.24) is 4.31 Å². The summed E-state index contributed by atoms with van der Waals surface area (Å²) in [4.78, 5) is 0.199. The second kappa shape index (κ2) is 6.67. The summed E-state index contributed by atoms with van der Waals surface area (Å²) >= 11 is 17.3. The van der Waals surface area contributed by atoms with Gasteiger partial charge in [-0.15, -0.1) is 0 Å². The third-order valence-electron chi connectivity index (χ3n) is 3.80. The molecule has 1 aliphatic rings. The Bertz CT molecular complexity index is 688. The highest BCUT2D eigenvalue weighted by atomic mass is 35.5. The standard InChI is InChI=1S/C14H18Cl3N2O2S/c1-19(2)8-6-18(7-9-19)22(20,21)12-5-3-4-11(10-12)13(15)14(16)17/h3-5,10H,6-9H2,1-2H3/q+1. The molecule has 1 aromatic carbocycles. The lowest BCUT2D eigenvalue weighted by molar-refractivity contribution is -0.893. The van der Waals surface area contributed by atoms with Crippen molar-refractivity contribution in [2.45, 2.75) is 4.90 Å². The number of likely N-dealkylation sites (N-methyl/N-ethyl adjacent to an activating group) is 1. The van der Waals surface area contributed by atoms with Gasteiger partial charge >= 0.3 is 0 Å². The van der Waals surface area contributed by atoms with Gasteiger partial charge in [0.25, 0.3) is 0 Å². The van der Waals surface area contributed by atoms with Crippen LogP contribution in [0.15, 0.2) is 33.7 Å². The molecule has 22 heavy (non-hydrogen) atoms. The largest absolute Gasteiger partial charge is 0.326 e. The lowest BCUT2D eigenvalue weighted by Crippen LogP contribution is -2.55. The van der Waals surface area contributed by atoms with Crippen molar-refractivity contribution in [2.24, 2.45) is 0 Å². The number of quaternary nitrogens is 1. The molecule has 0 atom stereocenters. The summed E-state index contributed by atoms with van der Waals surface area (Å²) in [5, 5.41) is 0.136. The SMILES string of the molecule is C[N+]1(C)CCN(S(=O)(=O)c2cccc(C(Cl)=C(Cl)Cl)c2)CC1. The Morgan fingerprint density at radius 1 is 1.14 bits per heavy atom. The lowest BCUT2D eigenvalue weighted by Gasteiger charge is -2.38. The van der Waals surface area contributed by atoms with Gasteiger partial charge in [0.1, 0.15) is 4.49 Å². The molecule has 1 aromatic rings. The predicted molar refractivity (Wildman–Crippen MR) is 91.5 cm³/mol. The molecule has 0 N–H and O–H groups in total. The van der Waals surface area contributed by atoms with E-state index in [-0.39, 0.29) is 14.4 Å². The average molecular weight is 385 g/mol. The molecule has 122 valence electrons. The molecule has 0 radical (unpaired) electrons. The van der Waals surface area contributed by atoms with E-state index >= 15 is 0 Å². The van der Waals surface area contributed by atoms with E-state index in [9.17, 15) is 8.42 Å². The van der Waals surface area contributed by atoms with Crippen molar-refractivity contribution in [3.05, 3.63) is 34.3 Å². The molecule has 0 bridgehead atoms. The van der Waals surface area contributed by atoms with Gasteiger partial charge in [0.2, 0.25) is 10.0 Å². The van der Waals surface area contributed by atoms with E-state index in [1.807, 2.05) is 0 Å². The Morgan fingerprint density at radius 3 is 2.27 bits per heavy atom.